The minimum Gasteiger partial charge on any atom is -0.299 e. The summed E-state index contributed by atoms with van der Waals surface area (Å²) >= 11 is 0. The highest BCUT2D eigenvalue weighted by Crippen LogP contribution is 2.71. The molecule has 0 heterocycles. The van der Waals surface area contributed by atoms with Crippen molar-refractivity contribution >= 4 is 11.6 Å². The van der Waals surface area contributed by atoms with E-state index in [1.807, 2.05) is 6.08 Å². The van der Waals surface area contributed by atoms with Crippen LogP contribution in [-0.2, 0) is 9.59 Å². The second-order valence-corrected chi connectivity index (χ2v) is 9.21. The van der Waals surface area contributed by atoms with Crippen LogP contribution in [0.2, 0.25) is 0 Å². The lowest BCUT2D eigenvalue weighted by Crippen LogP contribution is -2.51. The maximum atomic E-state index is 12.7. The van der Waals surface area contributed by atoms with Gasteiger partial charge in [0.15, 0.2) is 5.78 Å². The Morgan fingerprint density at radius 1 is 1.00 bits per heavy atom. The molecule has 0 aromatic rings. The SMILES string of the molecule is C[C@]12CCC(=O)C=C1CCC1C2CC[C@]2(C)C(=O)[C@H]3C[C@H]3C12. The Kier molecular flexibility index (Phi) is 2.42. The smallest absolute Gasteiger partial charge is 0.155 e. The van der Waals surface area contributed by atoms with Crippen LogP contribution in [-0.4, -0.2) is 11.6 Å². The van der Waals surface area contributed by atoms with Crippen LogP contribution >= 0.6 is 0 Å². The van der Waals surface area contributed by atoms with E-state index in [0.29, 0.717) is 35.2 Å². The lowest BCUT2D eigenvalue weighted by atomic mass is 9.47. The molecule has 5 aliphatic carbocycles. The molecule has 4 fully saturated rings. The Labute approximate surface area is 132 Å². The first-order chi connectivity index (χ1) is 10.4. The maximum absolute atomic E-state index is 12.7. The molecular formula is C20H26O2. The summed E-state index contributed by atoms with van der Waals surface area (Å²) in [6.45, 7) is 4.70. The molecule has 5 aliphatic rings. The van der Waals surface area contributed by atoms with E-state index in [4.69, 9.17) is 0 Å². The van der Waals surface area contributed by atoms with Crippen molar-refractivity contribution in [1.29, 1.82) is 0 Å². The number of hydrogen-bond acceptors (Lipinski definition) is 2. The van der Waals surface area contributed by atoms with Gasteiger partial charge in [-0.2, -0.15) is 0 Å². The van der Waals surface area contributed by atoms with Crippen LogP contribution in [0.5, 0.6) is 0 Å². The zero-order valence-electron chi connectivity index (χ0n) is 13.7. The summed E-state index contributed by atoms with van der Waals surface area (Å²) in [5, 5.41) is 0. The molecule has 118 valence electrons. The van der Waals surface area contributed by atoms with Crippen LogP contribution in [0.25, 0.3) is 0 Å². The first kappa shape index (κ1) is 13.5. The molecule has 0 N–H and O–H groups in total. The fraction of sp³-hybridized carbons (Fsp3) is 0.800. The molecule has 0 aromatic heterocycles. The highest BCUT2D eigenvalue weighted by atomic mass is 16.1. The topological polar surface area (TPSA) is 34.1 Å². The quantitative estimate of drug-likeness (QED) is 0.678. The molecule has 5 rings (SSSR count). The molecule has 0 spiro atoms. The zero-order valence-corrected chi connectivity index (χ0v) is 13.7. The molecule has 2 heteroatoms. The molecule has 0 amide bonds. The summed E-state index contributed by atoms with van der Waals surface area (Å²) in [5.41, 5.74) is 1.68. The van der Waals surface area contributed by atoms with Crippen molar-refractivity contribution < 1.29 is 9.59 Å². The van der Waals surface area contributed by atoms with E-state index < -0.39 is 0 Å². The van der Waals surface area contributed by atoms with Gasteiger partial charge in [-0.15, -0.1) is 0 Å². The molecule has 22 heavy (non-hydrogen) atoms. The third-order valence-electron chi connectivity index (χ3n) is 8.41. The summed E-state index contributed by atoms with van der Waals surface area (Å²) in [4.78, 5) is 24.6. The van der Waals surface area contributed by atoms with Crippen LogP contribution < -0.4 is 0 Å². The van der Waals surface area contributed by atoms with Crippen LogP contribution in [0.1, 0.15) is 58.8 Å². The molecule has 4 saturated carbocycles. The molecule has 0 aliphatic heterocycles. The lowest BCUT2D eigenvalue weighted by molar-refractivity contribution is -0.136. The Morgan fingerprint density at radius 3 is 2.64 bits per heavy atom. The second-order valence-electron chi connectivity index (χ2n) is 9.21. The molecular weight excluding hydrogens is 272 g/mol. The van der Waals surface area contributed by atoms with Crippen LogP contribution in [0.3, 0.4) is 0 Å². The molecule has 0 bridgehead atoms. The van der Waals surface area contributed by atoms with Crippen molar-refractivity contribution in [2.75, 3.05) is 0 Å². The van der Waals surface area contributed by atoms with Gasteiger partial charge < -0.3 is 0 Å². The van der Waals surface area contributed by atoms with Gasteiger partial charge in [0.1, 0.15) is 5.78 Å². The second kappa shape index (κ2) is 3.94. The summed E-state index contributed by atoms with van der Waals surface area (Å²) in [7, 11) is 0. The number of carbonyl (C=O) groups excluding carboxylic acids is 2. The largest absolute Gasteiger partial charge is 0.299 e. The normalized spacial score (nSPS) is 55.7. The van der Waals surface area contributed by atoms with E-state index >= 15 is 0 Å². The van der Waals surface area contributed by atoms with E-state index in [1.165, 1.54) is 24.8 Å². The predicted octanol–water partition coefficient (Wildman–Crippen LogP) is 3.94. The molecule has 0 saturated heterocycles. The lowest BCUT2D eigenvalue weighted by Gasteiger charge is -2.57. The Hall–Kier alpha value is -0.920. The van der Waals surface area contributed by atoms with Crippen molar-refractivity contribution in [3.05, 3.63) is 11.6 Å². The highest BCUT2D eigenvalue weighted by molar-refractivity contribution is 5.93. The van der Waals surface area contributed by atoms with Crippen molar-refractivity contribution in [2.45, 2.75) is 58.8 Å². The number of hydrogen-bond donors (Lipinski definition) is 0. The molecule has 0 aromatic carbocycles. The van der Waals surface area contributed by atoms with Crippen LogP contribution in [0.15, 0.2) is 11.6 Å². The van der Waals surface area contributed by atoms with Gasteiger partial charge in [0.25, 0.3) is 0 Å². The van der Waals surface area contributed by atoms with Crippen molar-refractivity contribution in [3.63, 3.8) is 0 Å². The molecule has 0 radical (unpaired) electrons. The van der Waals surface area contributed by atoms with Gasteiger partial charge in [0, 0.05) is 17.8 Å². The number of allylic oxidation sites excluding steroid dienone is 1. The average Bonchev–Trinajstić information content (AvgIpc) is 3.22. The van der Waals surface area contributed by atoms with E-state index in [2.05, 4.69) is 13.8 Å². The number of Topliss-reactive ketones (excluding diaryl/α,β-unsaturated/α-hetero) is 1. The van der Waals surface area contributed by atoms with Crippen LogP contribution in [0.4, 0.5) is 0 Å². The van der Waals surface area contributed by atoms with E-state index in [0.717, 1.165) is 31.6 Å². The Balaban J connectivity index is 1.55. The van der Waals surface area contributed by atoms with E-state index in [1.54, 1.807) is 0 Å². The fourth-order valence-corrected chi connectivity index (χ4v) is 7.22. The summed E-state index contributed by atoms with van der Waals surface area (Å²) < 4.78 is 0. The van der Waals surface area contributed by atoms with Crippen LogP contribution in [0, 0.1) is 40.4 Å². The number of fused-ring (bicyclic) bond motifs is 7. The Morgan fingerprint density at radius 2 is 1.82 bits per heavy atom. The third-order valence-corrected chi connectivity index (χ3v) is 8.41. The molecule has 7 atom stereocenters. The molecule has 2 nitrogen and oxygen atoms in total. The molecule has 3 unspecified atom stereocenters. The van der Waals surface area contributed by atoms with Gasteiger partial charge in [-0.25, -0.2) is 0 Å². The average molecular weight is 298 g/mol. The minimum absolute atomic E-state index is 0.00316. The first-order valence-corrected chi connectivity index (χ1v) is 9.23. The van der Waals surface area contributed by atoms with Gasteiger partial charge in [0.05, 0.1) is 0 Å². The van der Waals surface area contributed by atoms with E-state index in [-0.39, 0.29) is 10.8 Å². The van der Waals surface area contributed by atoms with E-state index in [9.17, 15) is 9.59 Å². The van der Waals surface area contributed by atoms with Gasteiger partial charge in [-0.05, 0) is 73.7 Å². The fourth-order valence-electron chi connectivity index (χ4n) is 7.22. The highest BCUT2D eigenvalue weighted by Gasteiger charge is 2.70. The minimum atomic E-state index is -0.00316. The summed E-state index contributed by atoms with van der Waals surface area (Å²) in [5.74, 6) is 4.17. The standard InChI is InChI=1S/C20H26O2/c1-19-7-5-12(21)9-11(19)3-4-13-16(19)6-8-20(2)17(13)14-10-15(14)18(20)22/h9,13-17H,3-8,10H2,1-2H3/t13?,14-,15+,16?,17?,19+,20+/m1/s1. The Bertz CT molecular complexity index is 617. The number of rotatable bonds is 0. The monoisotopic (exact) mass is 298 g/mol. The number of carbonyl (C=O) groups is 2. The summed E-state index contributed by atoms with van der Waals surface area (Å²) in [6, 6.07) is 0. The first-order valence-electron chi connectivity index (χ1n) is 9.23. The maximum Gasteiger partial charge on any atom is 0.155 e. The van der Waals surface area contributed by atoms with Gasteiger partial charge in [-0.1, -0.05) is 19.4 Å². The third kappa shape index (κ3) is 1.43. The van der Waals surface area contributed by atoms with Gasteiger partial charge in [-0.3, -0.25) is 9.59 Å². The van der Waals surface area contributed by atoms with Gasteiger partial charge in [0.2, 0.25) is 0 Å². The van der Waals surface area contributed by atoms with Crippen molar-refractivity contribution in [3.8, 4) is 0 Å². The van der Waals surface area contributed by atoms with Crippen molar-refractivity contribution in [1.82, 2.24) is 0 Å². The summed E-state index contributed by atoms with van der Waals surface area (Å²) in [6.07, 6.45) is 9.55. The zero-order chi connectivity index (χ0) is 15.3. The van der Waals surface area contributed by atoms with Gasteiger partial charge >= 0.3 is 0 Å². The number of ketones is 2. The van der Waals surface area contributed by atoms with Crippen molar-refractivity contribution in [2.24, 2.45) is 40.4 Å². The predicted molar refractivity (Wildman–Crippen MR) is 84.1 cm³/mol.